The third kappa shape index (κ3) is 4.38. The topological polar surface area (TPSA) is 126 Å². The van der Waals surface area contributed by atoms with Crippen LogP contribution in [0.3, 0.4) is 0 Å². The van der Waals surface area contributed by atoms with E-state index in [2.05, 4.69) is 21.9 Å². The summed E-state index contributed by atoms with van der Waals surface area (Å²) in [6.45, 7) is 6.44. The van der Waals surface area contributed by atoms with E-state index in [1.807, 2.05) is 24.3 Å². The minimum absolute atomic E-state index is 0.0166. The van der Waals surface area contributed by atoms with E-state index in [0.29, 0.717) is 61.9 Å². The number of benzene rings is 1. The fraction of sp³-hybridized carbons (Fsp3) is 0.364. The van der Waals surface area contributed by atoms with Gasteiger partial charge in [0.2, 0.25) is 0 Å². The zero-order valence-electron chi connectivity index (χ0n) is 17.1. The van der Waals surface area contributed by atoms with Crippen LogP contribution in [0.4, 0.5) is 11.6 Å². The van der Waals surface area contributed by atoms with Crippen LogP contribution in [-0.4, -0.2) is 53.6 Å². The number of rotatable bonds is 5. The van der Waals surface area contributed by atoms with Crippen molar-refractivity contribution < 1.29 is 14.3 Å². The maximum Gasteiger partial charge on any atom is 0.263 e. The van der Waals surface area contributed by atoms with Crippen LogP contribution < -0.4 is 20.5 Å². The second kappa shape index (κ2) is 8.92. The lowest BCUT2D eigenvalue weighted by Crippen LogP contribution is -2.40. The van der Waals surface area contributed by atoms with E-state index in [0.717, 1.165) is 24.0 Å². The molecular weight excluding hydrogens is 396 g/mol. The maximum atomic E-state index is 12.1. The van der Waals surface area contributed by atoms with Crippen LogP contribution in [0.2, 0.25) is 0 Å². The molecule has 9 nitrogen and oxygen atoms in total. The van der Waals surface area contributed by atoms with Gasteiger partial charge in [0.05, 0.1) is 5.56 Å². The Morgan fingerprint density at radius 3 is 2.74 bits per heavy atom. The number of carbonyl (C=O) groups excluding carboxylic acids is 1. The summed E-state index contributed by atoms with van der Waals surface area (Å²) in [7, 11) is 0. The van der Waals surface area contributed by atoms with Crippen molar-refractivity contribution in [3.63, 3.8) is 0 Å². The van der Waals surface area contributed by atoms with Crippen molar-refractivity contribution in [3.05, 3.63) is 36.7 Å². The third-order valence-electron chi connectivity index (χ3n) is 5.56. The van der Waals surface area contributed by atoms with Crippen LogP contribution in [-0.2, 0) is 4.79 Å². The van der Waals surface area contributed by atoms with E-state index in [1.165, 1.54) is 6.33 Å². The molecule has 9 heteroatoms. The maximum absolute atomic E-state index is 12.1. The van der Waals surface area contributed by atoms with Gasteiger partial charge in [-0.2, -0.15) is 5.26 Å². The molecule has 1 saturated heterocycles. The first-order valence-electron chi connectivity index (χ1n) is 10.2. The quantitative estimate of drug-likeness (QED) is 0.557. The lowest BCUT2D eigenvalue weighted by molar-refractivity contribution is -0.127. The van der Waals surface area contributed by atoms with E-state index in [9.17, 15) is 4.79 Å². The van der Waals surface area contributed by atoms with E-state index in [1.54, 1.807) is 4.90 Å². The second-order valence-corrected chi connectivity index (χ2v) is 7.55. The van der Waals surface area contributed by atoms with Gasteiger partial charge >= 0.3 is 0 Å². The molecule has 0 atom stereocenters. The predicted octanol–water partition coefficient (Wildman–Crippen LogP) is 2.23. The number of piperidine rings is 1. The molecule has 0 unspecified atom stereocenters. The first-order valence-corrected chi connectivity index (χ1v) is 10.2. The van der Waals surface area contributed by atoms with Gasteiger partial charge in [-0.25, -0.2) is 9.97 Å². The summed E-state index contributed by atoms with van der Waals surface area (Å²) in [5.41, 5.74) is 7.74. The Labute approximate surface area is 180 Å². The number of carbonyl (C=O) groups is 1. The third-order valence-corrected chi connectivity index (χ3v) is 5.56. The van der Waals surface area contributed by atoms with Crippen LogP contribution in [0.25, 0.3) is 11.1 Å². The highest BCUT2D eigenvalue weighted by Gasteiger charge is 2.25. The molecule has 1 aromatic heterocycles. The van der Waals surface area contributed by atoms with Gasteiger partial charge in [-0.3, -0.25) is 4.79 Å². The number of anilines is 2. The molecule has 0 radical (unpaired) electrons. The van der Waals surface area contributed by atoms with Crippen LogP contribution in [0.1, 0.15) is 12.8 Å². The molecule has 0 aliphatic carbocycles. The lowest BCUT2D eigenvalue weighted by atomic mass is 9.96. The van der Waals surface area contributed by atoms with Crippen molar-refractivity contribution in [1.29, 1.82) is 5.26 Å². The van der Waals surface area contributed by atoms with Gasteiger partial charge in [-0.05, 0) is 36.5 Å². The summed E-state index contributed by atoms with van der Waals surface area (Å²) in [6, 6.07) is 7.49. The highest BCUT2D eigenvalue weighted by atomic mass is 16.6. The van der Waals surface area contributed by atoms with E-state index >= 15 is 0 Å². The molecule has 0 bridgehead atoms. The Morgan fingerprint density at radius 2 is 2.00 bits per heavy atom. The van der Waals surface area contributed by atoms with Gasteiger partial charge in [0, 0.05) is 19.6 Å². The Balaban J connectivity index is 1.44. The smallest absolute Gasteiger partial charge is 0.263 e. The van der Waals surface area contributed by atoms with Gasteiger partial charge in [-0.15, -0.1) is 0 Å². The lowest BCUT2D eigenvalue weighted by Gasteiger charge is -2.32. The Bertz CT molecular complexity index is 1040. The summed E-state index contributed by atoms with van der Waals surface area (Å²) in [6.07, 6.45) is 3.10. The van der Waals surface area contributed by atoms with Crippen molar-refractivity contribution in [3.8, 4) is 28.7 Å². The van der Waals surface area contributed by atoms with E-state index < -0.39 is 0 Å². The SMILES string of the molecule is C=C(C#N)C(=O)N1CCC(CNc2ncnc(N)c2-c2ccc3c(c2)OCCO3)CC1. The van der Waals surface area contributed by atoms with Crippen molar-refractivity contribution >= 4 is 17.5 Å². The molecule has 160 valence electrons. The Morgan fingerprint density at radius 1 is 1.26 bits per heavy atom. The first kappa shape index (κ1) is 20.5. The number of likely N-dealkylation sites (tertiary alicyclic amines) is 1. The number of nitrogens with two attached hydrogens (primary N) is 1. The zero-order valence-corrected chi connectivity index (χ0v) is 17.1. The molecule has 0 saturated carbocycles. The van der Waals surface area contributed by atoms with E-state index in [4.69, 9.17) is 20.5 Å². The van der Waals surface area contributed by atoms with E-state index in [-0.39, 0.29) is 11.5 Å². The number of hydrogen-bond acceptors (Lipinski definition) is 8. The highest BCUT2D eigenvalue weighted by Crippen LogP contribution is 2.38. The van der Waals surface area contributed by atoms with Crippen molar-refractivity contribution in [2.45, 2.75) is 12.8 Å². The van der Waals surface area contributed by atoms with Gasteiger partial charge in [0.25, 0.3) is 5.91 Å². The molecule has 31 heavy (non-hydrogen) atoms. The number of nitrogens with zero attached hydrogens (tertiary/aromatic N) is 4. The summed E-state index contributed by atoms with van der Waals surface area (Å²) < 4.78 is 11.3. The normalized spacial score (nSPS) is 15.8. The predicted molar refractivity (Wildman–Crippen MR) is 115 cm³/mol. The number of nitriles is 1. The first-order chi connectivity index (χ1) is 15.1. The minimum atomic E-state index is -0.279. The molecule has 3 heterocycles. The molecule has 1 aromatic carbocycles. The van der Waals surface area contributed by atoms with Crippen LogP contribution >= 0.6 is 0 Å². The minimum Gasteiger partial charge on any atom is -0.486 e. The average Bonchev–Trinajstić information content (AvgIpc) is 2.81. The summed E-state index contributed by atoms with van der Waals surface area (Å²) >= 11 is 0. The molecule has 3 N–H and O–H groups in total. The van der Waals surface area contributed by atoms with Gasteiger partial charge in [0.15, 0.2) is 11.5 Å². The number of aromatic nitrogens is 2. The standard InChI is InChI=1S/C22H24N6O3/c1-14(11-23)22(29)28-6-4-15(5-7-28)12-25-21-19(20(24)26-13-27-21)16-2-3-17-18(10-16)31-9-8-30-17/h2-3,10,13,15H,1,4-9,12H2,(H3,24,25,26,27). The summed E-state index contributed by atoms with van der Waals surface area (Å²) in [4.78, 5) is 22.3. The molecule has 2 aliphatic rings. The largest absolute Gasteiger partial charge is 0.486 e. The average molecular weight is 420 g/mol. The fourth-order valence-corrected chi connectivity index (χ4v) is 3.84. The van der Waals surface area contributed by atoms with Crippen molar-refractivity contribution in [2.75, 3.05) is 43.9 Å². The molecule has 0 spiro atoms. The highest BCUT2D eigenvalue weighted by molar-refractivity contribution is 5.96. The number of nitrogens with one attached hydrogen (secondary N) is 1. The summed E-state index contributed by atoms with van der Waals surface area (Å²) in [5.74, 6) is 2.50. The van der Waals surface area contributed by atoms with Gasteiger partial charge in [0.1, 0.15) is 42.8 Å². The Kier molecular flexibility index (Phi) is 5.89. The molecule has 1 fully saturated rings. The van der Waals surface area contributed by atoms with Crippen LogP contribution in [0.5, 0.6) is 11.5 Å². The number of hydrogen-bond donors (Lipinski definition) is 2. The summed E-state index contributed by atoms with van der Waals surface area (Å²) in [5, 5.41) is 12.3. The molecule has 4 rings (SSSR count). The number of ether oxygens (including phenoxy) is 2. The second-order valence-electron chi connectivity index (χ2n) is 7.55. The number of amides is 1. The monoisotopic (exact) mass is 420 g/mol. The molecule has 2 aromatic rings. The number of fused-ring (bicyclic) bond motifs is 1. The number of nitrogen functional groups attached to an aromatic ring is 1. The fourth-order valence-electron chi connectivity index (χ4n) is 3.84. The van der Waals surface area contributed by atoms with Gasteiger partial charge < -0.3 is 25.4 Å². The van der Waals surface area contributed by atoms with Crippen molar-refractivity contribution in [2.24, 2.45) is 5.92 Å². The van der Waals surface area contributed by atoms with Gasteiger partial charge in [-0.1, -0.05) is 12.6 Å². The van der Waals surface area contributed by atoms with Crippen LogP contribution in [0.15, 0.2) is 36.7 Å². The van der Waals surface area contributed by atoms with Crippen molar-refractivity contribution in [1.82, 2.24) is 14.9 Å². The van der Waals surface area contributed by atoms with Crippen LogP contribution in [0, 0.1) is 17.2 Å². The Hall–Kier alpha value is -3.80. The molecular formula is C22H24N6O3. The zero-order chi connectivity index (χ0) is 21.8. The molecule has 1 amide bonds. The molecule has 2 aliphatic heterocycles.